The highest BCUT2D eigenvalue weighted by molar-refractivity contribution is 6.30. The molecule has 0 fully saturated rings. The monoisotopic (exact) mass is 253 g/mol. The van der Waals surface area contributed by atoms with E-state index < -0.39 is 0 Å². The van der Waals surface area contributed by atoms with Crippen LogP contribution in [0.2, 0.25) is 5.02 Å². The van der Waals surface area contributed by atoms with Gasteiger partial charge < -0.3 is 10.5 Å². The Balaban J connectivity index is 2.90. The topological polar surface area (TPSA) is 35.2 Å². The molecule has 0 spiro atoms. The first kappa shape index (κ1) is 14.1. The fraction of sp³-hybridized carbons (Fsp3) is 0.429. The molecule has 0 radical (unpaired) electrons. The van der Waals surface area contributed by atoms with Crippen molar-refractivity contribution < 1.29 is 4.74 Å². The third-order valence-corrected chi connectivity index (χ3v) is 2.91. The number of ether oxygens (including phenoxy) is 1. The van der Waals surface area contributed by atoms with E-state index in [1.165, 1.54) is 0 Å². The smallest absolute Gasteiger partial charge is 0.123 e. The van der Waals surface area contributed by atoms with Crippen LogP contribution in [0.25, 0.3) is 0 Å². The zero-order valence-corrected chi connectivity index (χ0v) is 11.2. The molecule has 1 aromatic carbocycles. The highest BCUT2D eigenvalue weighted by Gasteiger charge is 2.10. The van der Waals surface area contributed by atoms with E-state index in [4.69, 9.17) is 22.1 Å². The van der Waals surface area contributed by atoms with Gasteiger partial charge in [-0.05, 0) is 43.5 Å². The molecule has 0 aliphatic rings. The third kappa shape index (κ3) is 4.41. The van der Waals surface area contributed by atoms with Crippen LogP contribution in [0.5, 0.6) is 5.75 Å². The first-order chi connectivity index (χ1) is 8.06. The number of benzene rings is 1. The molecule has 1 rings (SSSR count). The Kier molecular flexibility index (Phi) is 5.52. The van der Waals surface area contributed by atoms with E-state index in [-0.39, 0.29) is 12.1 Å². The van der Waals surface area contributed by atoms with E-state index in [0.717, 1.165) is 24.2 Å². The second kappa shape index (κ2) is 6.67. The molecule has 17 heavy (non-hydrogen) atoms. The van der Waals surface area contributed by atoms with Crippen LogP contribution in [0, 0.1) is 0 Å². The third-order valence-electron chi connectivity index (χ3n) is 2.67. The van der Waals surface area contributed by atoms with Gasteiger partial charge in [-0.15, -0.1) is 0 Å². The summed E-state index contributed by atoms with van der Waals surface area (Å²) in [5, 5.41) is 0.710. The predicted octanol–water partition coefficient (Wildman–Crippen LogP) is 3.57. The molecule has 0 amide bonds. The number of halogens is 1. The van der Waals surface area contributed by atoms with Crippen LogP contribution in [-0.2, 0) is 6.42 Å². The molecule has 2 atom stereocenters. The van der Waals surface area contributed by atoms with Crippen molar-refractivity contribution in [2.45, 2.75) is 38.8 Å². The molecular formula is C14H20ClNO. The second-order valence-electron chi connectivity index (χ2n) is 4.18. The van der Waals surface area contributed by atoms with Gasteiger partial charge in [0.05, 0.1) is 0 Å². The van der Waals surface area contributed by atoms with Crippen molar-refractivity contribution in [3.05, 3.63) is 41.4 Å². The minimum Gasteiger partial charge on any atom is -0.486 e. The average Bonchev–Trinajstić information content (AvgIpc) is 2.32. The Hall–Kier alpha value is -0.990. The largest absolute Gasteiger partial charge is 0.486 e. The summed E-state index contributed by atoms with van der Waals surface area (Å²) >= 11 is 6.00. The fourth-order valence-electron chi connectivity index (χ4n) is 1.50. The van der Waals surface area contributed by atoms with Gasteiger partial charge >= 0.3 is 0 Å². The van der Waals surface area contributed by atoms with Gasteiger partial charge in [0.15, 0.2) is 0 Å². The molecule has 0 bridgehead atoms. The van der Waals surface area contributed by atoms with Gasteiger partial charge in [0, 0.05) is 11.1 Å². The summed E-state index contributed by atoms with van der Waals surface area (Å²) in [5.74, 6) is 0.839. The van der Waals surface area contributed by atoms with E-state index in [1.54, 1.807) is 6.08 Å². The Bertz CT molecular complexity index is 378. The Morgan fingerprint density at radius 3 is 2.82 bits per heavy atom. The van der Waals surface area contributed by atoms with E-state index in [0.29, 0.717) is 5.02 Å². The van der Waals surface area contributed by atoms with Crippen molar-refractivity contribution in [1.82, 2.24) is 0 Å². The second-order valence-corrected chi connectivity index (χ2v) is 4.62. The van der Waals surface area contributed by atoms with Gasteiger partial charge in [-0.1, -0.05) is 31.2 Å². The number of nitrogens with two attached hydrogens (primary N) is 1. The minimum absolute atomic E-state index is 0.0206. The van der Waals surface area contributed by atoms with Gasteiger partial charge in [0.1, 0.15) is 11.9 Å². The van der Waals surface area contributed by atoms with Crippen LogP contribution in [-0.4, -0.2) is 12.1 Å². The van der Waals surface area contributed by atoms with E-state index in [1.807, 2.05) is 25.1 Å². The van der Waals surface area contributed by atoms with Crippen molar-refractivity contribution >= 4 is 11.6 Å². The Labute approximate surface area is 108 Å². The number of rotatable bonds is 6. The predicted molar refractivity (Wildman–Crippen MR) is 73.7 cm³/mol. The van der Waals surface area contributed by atoms with Crippen molar-refractivity contribution in [2.24, 2.45) is 5.73 Å². The summed E-state index contributed by atoms with van der Waals surface area (Å²) in [5.41, 5.74) is 7.02. The number of hydrogen-bond acceptors (Lipinski definition) is 2. The maximum Gasteiger partial charge on any atom is 0.123 e. The summed E-state index contributed by atoms with van der Waals surface area (Å²) in [7, 11) is 0. The highest BCUT2D eigenvalue weighted by atomic mass is 35.5. The molecule has 0 heterocycles. The molecule has 1 aromatic rings. The average molecular weight is 254 g/mol. The van der Waals surface area contributed by atoms with Crippen LogP contribution in [0.1, 0.15) is 25.8 Å². The van der Waals surface area contributed by atoms with Gasteiger partial charge in [-0.3, -0.25) is 0 Å². The van der Waals surface area contributed by atoms with E-state index in [2.05, 4.69) is 13.5 Å². The van der Waals surface area contributed by atoms with E-state index >= 15 is 0 Å². The molecule has 0 aliphatic carbocycles. The van der Waals surface area contributed by atoms with Gasteiger partial charge in [-0.2, -0.15) is 0 Å². The summed E-state index contributed by atoms with van der Waals surface area (Å²) in [6.07, 6.45) is 3.45. The first-order valence-corrected chi connectivity index (χ1v) is 6.27. The van der Waals surface area contributed by atoms with Gasteiger partial charge in [-0.25, -0.2) is 0 Å². The van der Waals surface area contributed by atoms with Crippen molar-refractivity contribution in [2.75, 3.05) is 0 Å². The SMILES string of the molecule is C=CC(C)Oc1ccc(Cl)cc1CC(N)CC. The first-order valence-electron chi connectivity index (χ1n) is 5.90. The van der Waals surface area contributed by atoms with Crippen LogP contribution >= 0.6 is 11.6 Å². The summed E-state index contributed by atoms with van der Waals surface area (Å²) in [4.78, 5) is 0. The quantitative estimate of drug-likeness (QED) is 0.787. The van der Waals surface area contributed by atoms with Gasteiger partial charge in [0.25, 0.3) is 0 Å². The van der Waals surface area contributed by atoms with E-state index in [9.17, 15) is 0 Å². The fourth-order valence-corrected chi connectivity index (χ4v) is 1.69. The highest BCUT2D eigenvalue weighted by Crippen LogP contribution is 2.25. The summed E-state index contributed by atoms with van der Waals surface area (Å²) < 4.78 is 5.76. The van der Waals surface area contributed by atoms with Crippen LogP contribution in [0.4, 0.5) is 0 Å². The zero-order chi connectivity index (χ0) is 12.8. The zero-order valence-electron chi connectivity index (χ0n) is 10.4. The van der Waals surface area contributed by atoms with Crippen LogP contribution in [0.3, 0.4) is 0 Å². The maximum atomic E-state index is 6.00. The van der Waals surface area contributed by atoms with Crippen LogP contribution in [0.15, 0.2) is 30.9 Å². The molecule has 94 valence electrons. The lowest BCUT2D eigenvalue weighted by molar-refractivity contribution is 0.267. The van der Waals surface area contributed by atoms with Crippen molar-refractivity contribution in [3.8, 4) is 5.75 Å². The van der Waals surface area contributed by atoms with Crippen LogP contribution < -0.4 is 10.5 Å². The van der Waals surface area contributed by atoms with Gasteiger partial charge in [0.2, 0.25) is 0 Å². The maximum absolute atomic E-state index is 6.00. The Morgan fingerprint density at radius 1 is 1.53 bits per heavy atom. The molecular weight excluding hydrogens is 234 g/mol. The van der Waals surface area contributed by atoms with Crippen molar-refractivity contribution in [3.63, 3.8) is 0 Å². The molecule has 0 saturated heterocycles. The molecule has 0 aliphatic heterocycles. The lowest BCUT2D eigenvalue weighted by atomic mass is 10.0. The minimum atomic E-state index is -0.0206. The standard InChI is InChI=1S/C14H20ClNO/c1-4-10(3)17-14-7-6-12(15)8-11(14)9-13(16)5-2/h4,6-8,10,13H,1,5,9,16H2,2-3H3. The number of hydrogen-bond donors (Lipinski definition) is 1. The summed E-state index contributed by atoms with van der Waals surface area (Å²) in [6, 6.07) is 5.77. The van der Waals surface area contributed by atoms with Crippen molar-refractivity contribution in [1.29, 1.82) is 0 Å². The molecule has 0 aromatic heterocycles. The normalized spacial score (nSPS) is 14.1. The lowest BCUT2D eigenvalue weighted by Crippen LogP contribution is -2.22. The molecule has 2 unspecified atom stereocenters. The molecule has 2 N–H and O–H groups in total. The Morgan fingerprint density at radius 2 is 2.24 bits per heavy atom. The lowest BCUT2D eigenvalue weighted by Gasteiger charge is -2.17. The summed E-state index contributed by atoms with van der Waals surface area (Å²) in [6.45, 7) is 7.73. The molecule has 0 saturated carbocycles. The molecule has 2 nitrogen and oxygen atoms in total. The molecule has 3 heteroatoms.